The zero-order valence-corrected chi connectivity index (χ0v) is 31.7. The Morgan fingerprint density at radius 2 is 0.983 bits per heavy atom. The summed E-state index contributed by atoms with van der Waals surface area (Å²) in [7, 11) is 0. The highest BCUT2D eigenvalue weighted by Gasteiger charge is 2.51. The number of halogens is 1. The summed E-state index contributed by atoms with van der Waals surface area (Å²) in [5.41, 5.74) is 17.7. The molecule has 0 radical (unpaired) electrons. The first-order valence-electron chi connectivity index (χ1n) is 20.1. The fraction of sp³-hybridized carbons (Fsp3) is 0.0182. The molecule has 0 N–H and O–H groups in total. The number of hydrogen-bond donors (Lipinski definition) is 0. The van der Waals surface area contributed by atoms with Gasteiger partial charge in [-0.25, -0.2) is 4.39 Å². The van der Waals surface area contributed by atoms with Crippen molar-refractivity contribution in [2.24, 2.45) is 0 Å². The van der Waals surface area contributed by atoms with Crippen LogP contribution in [0.3, 0.4) is 0 Å². The van der Waals surface area contributed by atoms with Crippen molar-refractivity contribution in [1.29, 1.82) is 0 Å². The molecule has 1 spiro atoms. The van der Waals surface area contributed by atoms with Crippen LogP contribution in [0.4, 0.5) is 21.5 Å². The van der Waals surface area contributed by atoms with E-state index in [4.69, 9.17) is 4.42 Å². The van der Waals surface area contributed by atoms with E-state index in [1.165, 1.54) is 56.6 Å². The van der Waals surface area contributed by atoms with E-state index < -0.39 is 5.41 Å². The first kappa shape index (κ1) is 32.4. The molecule has 13 rings (SSSR count). The lowest BCUT2D eigenvalue weighted by Gasteiger charge is -2.32. The Morgan fingerprint density at radius 3 is 1.71 bits per heavy atom. The van der Waals surface area contributed by atoms with E-state index >= 15 is 0 Å². The number of fused-ring (bicyclic) bond motifs is 16. The molecular weight excluding hydrogens is 724 g/mol. The van der Waals surface area contributed by atoms with E-state index in [-0.39, 0.29) is 5.82 Å². The smallest absolute Gasteiger partial charge is 0.137 e. The van der Waals surface area contributed by atoms with E-state index in [0.717, 1.165) is 66.5 Å². The molecule has 4 heteroatoms. The fourth-order valence-electron chi connectivity index (χ4n) is 10.6. The van der Waals surface area contributed by atoms with Gasteiger partial charge in [-0.05, 0) is 123 Å². The molecular formula is C55H33FN2O. The van der Waals surface area contributed by atoms with Gasteiger partial charge >= 0.3 is 0 Å². The van der Waals surface area contributed by atoms with Crippen LogP contribution in [-0.4, -0.2) is 4.57 Å². The third kappa shape index (κ3) is 4.30. The minimum atomic E-state index is -0.484. The van der Waals surface area contributed by atoms with Gasteiger partial charge in [-0.1, -0.05) is 121 Å². The van der Waals surface area contributed by atoms with Gasteiger partial charge in [-0.3, -0.25) is 0 Å². The van der Waals surface area contributed by atoms with E-state index in [1.54, 1.807) is 0 Å². The van der Waals surface area contributed by atoms with Gasteiger partial charge < -0.3 is 13.9 Å². The lowest BCUT2D eigenvalue weighted by molar-refractivity contribution is 0.627. The summed E-state index contributed by atoms with van der Waals surface area (Å²) >= 11 is 0. The Kier molecular flexibility index (Phi) is 6.55. The van der Waals surface area contributed by atoms with Gasteiger partial charge in [0.2, 0.25) is 0 Å². The van der Waals surface area contributed by atoms with Crippen LogP contribution in [0.15, 0.2) is 205 Å². The van der Waals surface area contributed by atoms with Crippen LogP contribution in [0.25, 0.3) is 71.7 Å². The average Bonchev–Trinajstić information content (AvgIpc) is 4.01. The van der Waals surface area contributed by atoms with Crippen molar-refractivity contribution in [2.45, 2.75) is 5.41 Å². The standard InChI is InChI=1S/C55H33FN2O/c56-34-24-26-35(27-25-34)58-49-20-9-4-15-42(49)44-32-36(29-31-50(44)58)57(51-21-11-23-53-54(51)43-16-5-10-22-52(43)59-53)37-28-30-41-40-14-3-8-19-47(40)55(48(41)33-37)45-17-6-1-12-38(45)39-13-2-7-18-46(39)55/h1-33H. The summed E-state index contributed by atoms with van der Waals surface area (Å²) in [6.07, 6.45) is 0. The summed E-state index contributed by atoms with van der Waals surface area (Å²) in [6.45, 7) is 0. The number of anilines is 3. The molecule has 0 saturated heterocycles. The number of para-hydroxylation sites is 2. The topological polar surface area (TPSA) is 21.3 Å². The van der Waals surface area contributed by atoms with Gasteiger partial charge in [-0.2, -0.15) is 0 Å². The summed E-state index contributed by atoms with van der Waals surface area (Å²) in [4.78, 5) is 2.41. The highest BCUT2D eigenvalue weighted by Crippen LogP contribution is 2.63. The first-order valence-corrected chi connectivity index (χ1v) is 20.1. The minimum absolute atomic E-state index is 0.253. The normalized spacial score (nSPS) is 13.3. The predicted molar refractivity (Wildman–Crippen MR) is 239 cm³/mol. The quantitative estimate of drug-likeness (QED) is 0.178. The second-order valence-electron chi connectivity index (χ2n) is 15.7. The maximum Gasteiger partial charge on any atom is 0.137 e. The van der Waals surface area contributed by atoms with Crippen molar-refractivity contribution in [1.82, 2.24) is 4.57 Å². The molecule has 0 unspecified atom stereocenters. The van der Waals surface area contributed by atoms with E-state index in [9.17, 15) is 4.39 Å². The van der Waals surface area contributed by atoms with Crippen LogP contribution >= 0.6 is 0 Å². The number of benzene rings is 9. The molecule has 2 heterocycles. The molecule has 0 bridgehead atoms. The van der Waals surface area contributed by atoms with E-state index in [1.807, 2.05) is 24.3 Å². The molecule has 59 heavy (non-hydrogen) atoms. The molecule has 0 amide bonds. The van der Waals surface area contributed by atoms with Crippen LogP contribution in [0, 0.1) is 5.82 Å². The lowest BCUT2D eigenvalue weighted by atomic mass is 9.70. The molecule has 11 aromatic rings. The van der Waals surface area contributed by atoms with Crippen LogP contribution < -0.4 is 4.90 Å². The molecule has 276 valence electrons. The zero-order valence-electron chi connectivity index (χ0n) is 31.7. The average molecular weight is 757 g/mol. The molecule has 2 aliphatic rings. The van der Waals surface area contributed by atoms with Crippen LogP contribution in [-0.2, 0) is 5.41 Å². The van der Waals surface area contributed by atoms with Gasteiger partial charge in [0.1, 0.15) is 17.0 Å². The molecule has 0 aliphatic heterocycles. The van der Waals surface area contributed by atoms with Gasteiger partial charge in [0, 0.05) is 33.2 Å². The van der Waals surface area contributed by atoms with E-state index in [2.05, 4.69) is 173 Å². The fourth-order valence-corrected chi connectivity index (χ4v) is 10.6. The van der Waals surface area contributed by atoms with E-state index in [0.29, 0.717) is 0 Å². The number of hydrogen-bond acceptors (Lipinski definition) is 2. The van der Waals surface area contributed by atoms with Crippen molar-refractivity contribution in [3.05, 3.63) is 228 Å². The Morgan fingerprint density at radius 1 is 0.424 bits per heavy atom. The number of rotatable bonds is 4. The number of furan rings is 1. The Hall–Kier alpha value is -7.69. The van der Waals surface area contributed by atoms with Crippen molar-refractivity contribution in [2.75, 3.05) is 4.90 Å². The summed E-state index contributed by atoms with van der Waals surface area (Å²) in [6, 6.07) is 70.6. The Balaban J connectivity index is 1.12. The van der Waals surface area contributed by atoms with Gasteiger partial charge in [0.25, 0.3) is 0 Å². The highest BCUT2D eigenvalue weighted by atomic mass is 19.1. The molecule has 3 nitrogen and oxygen atoms in total. The number of nitrogens with zero attached hydrogens (tertiary/aromatic N) is 2. The van der Waals surface area contributed by atoms with Crippen molar-refractivity contribution >= 4 is 60.8 Å². The second kappa shape index (κ2) is 11.9. The summed E-state index contributed by atoms with van der Waals surface area (Å²) < 4.78 is 22.9. The third-order valence-electron chi connectivity index (χ3n) is 12.9. The van der Waals surface area contributed by atoms with Crippen LogP contribution in [0.2, 0.25) is 0 Å². The summed E-state index contributed by atoms with van der Waals surface area (Å²) in [5.74, 6) is -0.253. The Bertz CT molecular complexity index is 3470. The third-order valence-corrected chi connectivity index (χ3v) is 12.9. The molecule has 9 aromatic carbocycles. The maximum atomic E-state index is 14.2. The van der Waals surface area contributed by atoms with Gasteiger partial charge in [0.05, 0.1) is 27.5 Å². The molecule has 2 aliphatic carbocycles. The zero-order chi connectivity index (χ0) is 38.8. The molecule has 0 saturated carbocycles. The Labute approximate surface area is 339 Å². The lowest BCUT2D eigenvalue weighted by Crippen LogP contribution is -2.26. The molecule has 0 atom stereocenters. The molecule has 0 fully saturated rings. The summed E-state index contributed by atoms with van der Waals surface area (Å²) in [5, 5.41) is 4.37. The van der Waals surface area contributed by atoms with Crippen LogP contribution in [0.5, 0.6) is 0 Å². The van der Waals surface area contributed by atoms with Gasteiger partial charge in [-0.15, -0.1) is 0 Å². The minimum Gasteiger partial charge on any atom is -0.456 e. The molecule has 2 aromatic heterocycles. The van der Waals surface area contributed by atoms with Crippen molar-refractivity contribution in [3.8, 4) is 27.9 Å². The maximum absolute atomic E-state index is 14.2. The van der Waals surface area contributed by atoms with Crippen molar-refractivity contribution in [3.63, 3.8) is 0 Å². The largest absolute Gasteiger partial charge is 0.456 e. The second-order valence-corrected chi connectivity index (χ2v) is 15.7. The van der Waals surface area contributed by atoms with Crippen LogP contribution in [0.1, 0.15) is 22.3 Å². The highest BCUT2D eigenvalue weighted by molar-refractivity contribution is 6.15. The predicted octanol–water partition coefficient (Wildman–Crippen LogP) is 14.6. The van der Waals surface area contributed by atoms with Crippen molar-refractivity contribution < 1.29 is 8.81 Å². The first-order chi connectivity index (χ1) is 29.2. The van der Waals surface area contributed by atoms with Gasteiger partial charge in [0.15, 0.2) is 0 Å². The SMILES string of the molecule is Fc1ccc(-n2c3ccccc3c3cc(N(c4ccc5c(c4)C4(c6ccccc6-c6ccccc64)c4ccccc4-5)c4cccc5oc6ccccc6c45)ccc32)cc1. The monoisotopic (exact) mass is 756 g/mol. The number of aromatic nitrogens is 1.